The van der Waals surface area contributed by atoms with E-state index in [-0.39, 0.29) is 35.1 Å². The van der Waals surface area contributed by atoms with Gasteiger partial charge in [-0.05, 0) is 38.3 Å². The third-order valence-electron chi connectivity index (χ3n) is 3.47. The number of carbonyl (C=O) groups is 1. The third kappa shape index (κ3) is 3.69. The molecule has 0 aromatic heterocycles. The molecule has 1 aliphatic carbocycles. The molecule has 7 heteroatoms. The van der Waals surface area contributed by atoms with E-state index in [4.69, 9.17) is 10.5 Å². The fraction of sp³-hybridized carbons (Fsp3) is 0.500. The second kappa shape index (κ2) is 6.53. The molecule has 114 valence electrons. The van der Waals surface area contributed by atoms with Crippen molar-refractivity contribution < 1.29 is 14.5 Å². The number of nitrogens with two attached hydrogens (primary N) is 1. The van der Waals surface area contributed by atoms with Gasteiger partial charge in [-0.15, -0.1) is 0 Å². The third-order valence-corrected chi connectivity index (χ3v) is 3.47. The van der Waals surface area contributed by atoms with E-state index >= 15 is 0 Å². The molecule has 1 aromatic rings. The lowest BCUT2D eigenvalue weighted by Crippen LogP contribution is -2.23. The number of amides is 1. The van der Waals surface area contributed by atoms with E-state index in [0.29, 0.717) is 13.0 Å². The van der Waals surface area contributed by atoms with Crippen molar-refractivity contribution in [3.63, 3.8) is 0 Å². The van der Waals surface area contributed by atoms with Crippen LogP contribution in [0.15, 0.2) is 18.2 Å². The van der Waals surface area contributed by atoms with Crippen LogP contribution in [0.2, 0.25) is 0 Å². The van der Waals surface area contributed by atoms with Crippen molar-refractivity contribution in [2.75, 3.05) is 6.54 Å². The smallest absolute Gasteiger partial charge is 0.311 e. The molecule has 7 nitrogen and oxygen atoms in total. The van der Waals surface area contributed by atoms with Gasteiger partial charge in [-0.25, -0.2) is 0 Å². The maximum Gasteiger partial charge on any atom is 0.311 e. The first-order chi connectivity index (χ1) is 10.0. The molecule has 2 atom stereocenters. The standard InChI is InChI=1S/C14H19N3O4/c1-2-16-14(18)9-3-6-13(12(7-9)17(19)20)21-11-5-4-10(15)8-11/h3,6-7,10-11H,2,4-5,8,15H2,1H3,(H,16,18). The summed E-state index contributed by atoms with van der Waals surface area (Å²) >= 11 is 0. The zero-order chi connectivity index (χ0) is 15.4. The maximum atomic E-state index is 11.7. The fourth-order valence-electron chi connectivity index (χ4n) is 2.42. The lowest BCUT2D eigenvalue weighted by Gasteiger charge is -2.14. The minimum absolute atomic E-state index is 0.0867. The molecule has 1 aromatic carbocycles. The fourth-order valence-corrected chi connectivity index (χ4v) is 2.42. The monoisotopic (exact) mass is 293 g/mol. The molecular formula is C14H19N3O4. The first-order valence-corrected chi connectivity index (χ1v) is 7.00. The Morgan fingerprint density at radius 1 is 1.52 bits per heavy atom. The number of carbonyl (C=O) groups excluding carboxylic acids is 1. The van der Waals surface area contributed by atoms with Gasteiger partial charge in [0.05, 0.1) is 4.92 Å². The average Bonchev–Trinajstić information content (AvgIpc) is 2.84. The van der Waals surface area contributed by atoms with Crippen LogP contribution in [0.1, 0.15) is 36.5 Å². The lowest BCUT2D eigenvalue weighted by molar-refractivity contribution is -0.386. The number of benzene rings is 1. The van der Waals surface area contributed by atoms with Gasteiger partial charge < -0.3 is 15.8 Å². The van der Waals surface area contributed by atoms with E-state index in [1.807, 2.05) is 0 Å². The SMILES string of the molecule is CCNC(=O)c1ccc(OC2CCC(N)C2)c([N+](=O)[O-])c1. The van der Waals surface area contributed by atoms with E-state index in [9.17, 15) is 14.9 Å². The second-order valence-electron chi connectivity index (χ2n) is 5.11. The molecule has 0 heterocycles. The van der Waals surface area contributed by atoms with E-state index in [1.165, 1.54) is 18.2 Å². The summed E-state index contributed by atoms with van der Waals surface area (Å²) in [7, 11) is 0. The largest absolute Gasteiger partial charge is 0.483 e. The summed E-state index contributed by atoms with van der Waals surface area (Å²) < 4.78 is 5.68. The van der Waals surface area contributed by atoms with Gasteiger partial charge in [-0.2, -0.15) is 0 Å². The number of nitro benzene ring substituents is 1. The van der Waals surface area contributed by atoms with Crippen LogP contribution in [-0.2, 0) is 0 Å². The highest BCUT2D eigenvalue weighted by molar-refractivity contribution is 5.95. The van der Waals surface area contributed by atoms with E-state index in [1.54, 1.807) is 6.92 Å². The average molecular weight is 293 g/mol. The van der Waals surface area contributed by atoms with Crippen molar-refractivity contribution in [3.05, 3.63) is 33.9 Å². The van der Waals surface area contributed by atoms with Gasteiger partial charge in [-0.1, -0.05) is 0 Å². The van der Waals surface area contributed by atoms with Crippen molar-refractivity contribution >= 4 is 11.6 Å². The number of ether oxygens (including phenoxy) is 1. The van der Waals surface area contributed by atoms with Crippen molar-refractivity contribution in [2.24, 2.45) is 5.73 Å². The quantitative estimate of drug-likeness (QED) is 0.633. The van der Waals surface area contributed by atoms with E-state index < -0.39 is 4.92 Å². The van der Waals surface area contributed by atoms with Crippen LogP contribution < -0.4 is 15.8 Å². The molecule has 0 bridgehead atoms. The van der Waals surface area contributed by atoms with Crippen molar-refractivity contribution in [3.8, 4) is 5.75 Å². The zero-order valence-corrected chi connectivity index (χ0v) is 11.9. The van der Waals surface area contributed by atoms with Crippen LogP contribution in [0, 0.1) is 10.1 Å². The molecule has 3 N–H and O–H groups in total. The van der Waals surface area contributed by atoms with Crippen LogP contribution in [0.4, 0.5) is 5.69 Å². The molecule has 21 heavy (non-hydrogen) atoms. The molecule has 1 saturated carbocycles. The molecule has 2 rings (SSSR count). The number of hydrogen-bond acceptors (Lipinski definition) is 5. The molecule has 2 unspecified atom stereocenters. The summed E-state index contributed by atoms with van der Waals surface area (Å²) in [5.74, 6) is -0.151. The number of nitrogens with one attached hydrogen (secondary N) is 1. The van der Waals surface area contributed by atoms with Crippen LogP contribution in [0.3, 0.4) is 0 Å². The first-order valence-electron chi connectivity index (χ1n) is 7.00. The Morgan fingerprint density at radius 3 is 2.86 bits per heavy atom. The number of hydrogen-bond donors (Lipinski definition) is 2. The van der Waals surface area contributed by atoms with Crippen LogP contribution >= 0.6 is 0 Å². The molecule has 1 aliphatic rings. The molecule has 0 radical (unpaired) electrons. The van der Waals surface area contributed by atoms with Crippen molar-refractivity contribution in [2.45, 2.75) is 38.3 Å². The Balaban J connectivity index is 2.21. The highest BCUT2D eigenvalue weighted by Gasteiger charge is 2.26. The van der Waals surface area contributed by atoms with Gasteiger partial charge in [-0.3, -0.25) is 14.9 Å². The molecule has 0 spiro atoms. The molecule has 0 saturated heterocycles. The lowest BCUT2D eigenvalue weighted by atomic mass is 10.1. The summed E-state index contributed by atoms with van der Waals surface area (Å²) in [6.45, 7) is 2.25. The van der Waals surface area contributed by atoms with Crippen molar-refractivity contribution in [1.29, 1.82) is 0 Å². The summed E-state index contributed by atoms with van der Waals surface area (Å²) in [5.41, 5.74) is 5.86. The minimum atomic E-state index is -0.535. The normalized spacial score (nSPS) is 21.0. The maximum absolute atomic E-state index is 11.7. The van der Waals surface area contributed by atoms with Crippen molar-refractivity contribution in [1.82, 2.24) is 5.32 Å². The molecular weight excluding hydrogens is 274 g/mol. The van der Waals surface area contributed by atoms with Gasteiger partial charge in [0.2, 0.25) is 0 Å². The van der Waals surface area contributed by atoms with E-state index in [2.05, 4.69) is 5.32 Å². The van der Waals surface area contributed by atoms with Gasteiger partial charge in [0.25, 0.3) is 5.91 Å². The van der Waals surface area contributed by atoms with Gasteiger partial charge in [0.15, 0.2) is 5.75 Å². The second-order valence-corrected chi connectivity index (χ2v) is 5.11. The molecule has 1 amide bonds. The highest BCUT2D eigenvalue weighted by atomic mass is 16.6. The van der Waals surface area contributed by atoms with Gasteiger partial charge >= 0.3 is 5.69 Å². The van der Waals surface area contributed by atoms with Gasteiger partial charge in [0.1, 0.15) is 6.10 Å². The van der Waals surface area contributed by atoms with Crippen LogP contribution in [-0.4, -0.2) is 29.5 Å². The van der Waals surface area contributed by atoms with Crippen LogP contribution in [0.5, 0.6) is 5.75 Å². The number of nitro groups is 1. The Hall–Kier alpha value is -2.15. The highest BCUT2D eigenvalue weighted by Crippen LogP contribution is 2.32. The topological polar surface area (TPSA) is 107 Å². The summed E-state index contributed by atoms with van der Waals surface area (Å²) in [4.78, 5) is 22.4. The molecule has 1 fully saturated rings. The Kier molecular flexibility index (Phi) is 4.74. The predicted molar refractivity (Wildman–Crippen MR) is 77.3 cm³/mol. The summed E-state index contributed by atoms with van der Waals surface area (Å²) in [5, 5.41) is 13.8. The summed E-state index contributed by atoms with van der Waals surface area (Å²) in [6.07, 6.45) is 2.23. The summed E-state index contributed by atoms with van der Waals surface area (Å²) in [6, 6.07) is 4.34. The number of rotatable bonds is 5. The van der Waals surface area contributed by atoms with Crippen LogP contribution in [0.25, 0.3) is 0 Å². The Bertz CT molecular complexity index is 547. The molecule has 0 aliphatic heterocycles. The van der Waals surface area contributed by atoms with E-state index in [0.717, 1.165) is 12.8 Å². The Labute approximate surface area is 122 Å². The Morgan fingerprint density at radius 2 is 2.29 bits per heavy atom. The predicted octanol–water partition coefficient (Wildman–Crippen LogP) is 1.60. The first kappa shape index (κ1) is 15.2. The van der Waals surface area contributed by atoms with Gasteiger partial charge in [0, 0.05) is 24.2 Å². The zero-order valence-electron chi connectivity index (χ0n) is 11.9. The number of nitrogens with zero attached hydrogens (tertiary/aromatic N) is 1. The minimum Gasteiger partial charge on any atom is -0.483 e.